The van der Waals surface area contributed by atoms with Gasteiger partial charge in [0.2, 0.25) is 5.91 Å². The van der Waals surface area contributed by atoms with Gasteiger partial charge in [-0.15, -0.1) is 0 Å². The number of benzene rings is 1. The van der Waals surface area contributed by atoms with Crippen molar-refractivity contribution in [3.8, 4) is 5.75 Å². The van der Waals surface area contributed by atoms with E-state index in [1.807, 2.05) is 66.9 Å². The standard InChI is InChI=1S/C27H27N5O3S/c1-34-23-12-3-2-9-20(23)29-24(33)13-16-32-26(25(30-27(32)36)21-10-4-5-14-28-21)22-11-6-15-31(22)18-19-8-7-17-35-19/h2-12,14-15,17,25-26H,13,16,18H2,1H3,(H,29,33)(H,30,36)/t25-,26+/m0/s1. The summed E-state index contributed by atoms with van der Waals surface area (Å²) in [5.74, 6) is 1.36. The van der Waals surface area contributed by atoms with Crippen LogP contribution >= 0.6 is 12.2 Å². The van der Waals surface area contributed by atoms with Crippen molar-refractivity contribution in [1.29, 1.82) is 0 Å². The van der Waals surface area contributed by atoms with Crippen molar-refractivity contribution in [1.82, 2.24) is 19.8 Å². The highest BCUT2D eigenvalue weighted by atomic mass is 32.1. The third-order valence-electron chi connectivity index (χ3n) is 6.23. The number of nitrogens with one attached hydrogen (secondary N) is 2. The highest BCUT2D eigenvalue weighted by Crippen LogP contribution is 2.39. The van der Waals surface area contributed by atoms with Gasteiger partial charge in [0.1, 0.15) is 11.5 Å². The number of pyridine rings is 1. The second kappa shape index (κ2) is 10.7. The Bertz CT molecular complexity index is 1320. The number of furan rings is 1. The number of hydrogen-bond acceptors (Lipinski definition) is 5. The average Bonchev–Trinajstić information content (AvgIpc) is 3.65. The molecule has 4 heterocycles. The number of amides is 1. The summed E-state index contributed by atoms with van der Waals surface area (Å²) in [4.78, 5) is 19.5. The first-order valence-corrected chi connectivity index (χ1v) is 12.1. The van der Waals surface area contributed by atoms with Crippen molar-refractivity contribution in [3.05, 3.63) is 103 Å². The van der Waals surface area contributed by atoms with Gasteiger partial charge in [0.25, 0.3) is 0 Å². The van der Waals surface area contributed by atoms with Gasteiger partial charge in [0.05, 0.1) is 43.4 Å². The zero-order valence-corrected chi connectivity index (χ0v) is 20.7. The number of hydrogen-bond donors (Lipinski definition) is 2. The summed E-state index contributed by atoms with van der Waals surface area (Å²) >= 11 is 5.76. The van der Waals surface area contributed by atoms with Crippen LogP contribution in [0.25, 0.3) is 0 Å². The van der Waals surface area contributed by atoms with Gasteiger partial charge < -0.3 is 29.3 Å². The molecule has 1 fully saturated rings. The van der Waals surface area contributed by atoms with Crippen molar-refractivity contribution < 1.29 is 13.9 Å². The number of rotatable bonds is 9. The molecule has 1 aromatic carbocycles. The highest BCUT2D eigenvalue weighted by Gasteiger charge is 2.41. The molecule has 2 N–H and O–H groups in total. The summed E-state index contributed by atoms with van der Waals surface area (Å²) in [6.07, 6.45) is 5.74. The summed E-state index contributed by atoms with van der Waals surface area (Å²) in [6.45, 7) is 1.03. The van der Waals surface area contributed by atoms with Crippen molar-refractivity contribution >= 4 is 28.9 Å². The van der Waals surface area contributed by atoms with Crippen molar-refractivity contribution in [2.75, 3.05) is 19.0 Å². The summed E-state index contributed by atoms with van der Waals surface area (Å²) in [5, 5.41) is 6.98. The maximum Gasteiger partial charge on any atom is 0.226 e. The Morgan fingerprint density at radius 1 is 1.14 bits per heavy atom. The molecule has 2 atom stereocenters. The van der Waals surface area contributed by atoms with Crippen molar-refractivity contribution in [3.63, 3.8) is 0 Å². The molecule has 36 heavy (non-hydrogen) atoms. The van der Waals surface area contributed by atoms with Gasteiger partial charge in [-0.1, -0.05) is 18.2 Å². The normalized spacial score (nSPS) is 17.1. The number of nitrogens with zero attached hydrogens (tertiary/aromatic N) is 3. The van der Waals surface area contributed by atoms with Gasteiger partial charge >= 0.3 is 0 Å². The lowest BCUT2D eigenvalue weighted by Crippen LogP contribution is -2.33. The third kappa shape index (κ3) is 4.96. The monoisotopic (exact) mass is 501 g/mol. The Kier molecular flexibility index (Phi) is 6.99. The maximum absolute atomic E-state index is 12.9. The summed E-state index contributed by atoms with van der Waals surface area (Å²) in [5.41, 5.74) is 2.58. The zero-order chi connectivity index (χ0) is 24.9. The van der Waals surface area contributed by atoms with Crippen LogP contribution in [0.2, 0.25) is 0 Å². The Morgan fingerprint density at radius 3 is 2.78 bits per heavy atom. The number of ether oxygens (including phenoxy) is 1. The molecule has 9 heteroatoms. The van der Waals surface area contributed by atoms with Crippen LogP contribution in [0.1, 0.15) is 35.7 Å². The lowest BCUT2D eigenvalue weighted by Gasteiger charge is -2.28. The first-order chi connectivity index (χ1) is 17.6. The number of aromatic nitrogens is 2. The van der Waals surface area contributed by atoms with E-state index in [9.17, 15) is 4.79 Å². The van der Waals surface area contributed by atoms with Crippen molar-refractivity contribution in [2.24, 2.45) is 0 Å². The number of anilines is 1. The maximum atomic E-state index is 12.9. The van der Waals surface area contributed by atoms with Crippen LogP contribution in [0.15, 0.2) is 89.8 Å². The van der Waals surface area contributed by atoms with Gasteiger partial charge in [0, 0.05) is 31.1 Å². The van der Waals surface area contributed by atoms with Crippen LogP contribution in [-0.2, 0) is 11.3 Å². The second-order valence-electron chi connectivity index (χ2n) is 8.46. The van der Waals surface area contributed by atoms with Crippen LogP contribution < -0.4 is 15.4 Å². The van der Waals surface area contributed by atoms with Gasteiger partial charge in [0.15, 0.2) is 5.11 Å². The molecule has 1 amide bonds. The molecule has 0 unspecified atom stereocenters. The lowest BCUT2D eigenvalue weighted by molar-refractivity contribution is -0.116. The quantitative estimate of drug-likeness (QED) is 0.326. The van der Waals surface area contributed by atoms with Crippen LogP contribution in [0.3, 0.4) is 0 Å². The SMILES string of the molecule is COc1ccccc1NC(=O)CCN1C(=S)N[C@@H](c2ccccn2)[C@H]1c1cccn1Cc1ccco1. The first kappa shape index (κ1) is 23.6. The summed E-state index contributed by atoms with van der Waals surface area (Å²) in [7, 11) is 1.58. The van der Waals surface area contributed by atoms with E-state index in [4.69, 9.17) is 21.4 Å². The summed E-state index contributed by atoms with van der Waals surface area (Å²) in [6, 6.07) is 20.8. The fourth-order valence-electron chi connectivity index (χ4n) is 4.56. The van der Waals surface area contributed by atoms with E-state index in [1.54, 1.807) is 19.6 Å². The van der Waals surface area contributed by atoms with E-state index < -0.39 is 0 Å². The molecule has 5 rings (SSSR count). The van der Waals surface area contributed by atoms with Gasteiger partial charge in [-0.05, 0) is 60.7 Å². The third-order valence-corrected chi connectivity index (χ3v) is 6.58. The first-order valence-electron chi connectivity index (χ1n) is 11.7. The number of carbonyl (C=O) groups excluding carboxylic acids is 1. The molecular formula is C27H27N5O3S. The molecule has 0 radical (unpaired) electrons. The number of carbonyl (C=O) groups is 1. The molecule has 0 saturated carbocycles. The number of thiocarbonyl (C=S) groups is 1. The molecule has 8 nitrogen and oxygen atoms in total. The van der Waals surface area contributed by atoms with E-state index in [1.165, 1.54) is 0 Å². The smallest absolute Gasteiger partial charge is 0.226 e. The predicted molar refractivity (Wildman–Crippen MR) is 141 cm³/mol. The minimum atomic E-state index is -0.166. The molecule has 1 aliphatic rings. The molecule has 1 saturated heterocycles. The van der Waals surface area contributed by atoms with E-state index in [0.717, 1.165) is 17.1 Å². The molecule has 4 aromatic rings. The minimum Gasteiger partial charge on any atom is -0.495 e. The molecule has 0 bridgehead atoms. The summed E-state index contributed by atoms with van der Waals surface area (Å²) < 4.78 is 13.1. The lowest BCUT2D eigenvalue weighted by atomic mass is 10.0. The fraction of sp³-hybridized carbons (Fsp3) is 0.222. The molecular weight excluding hydrogens is 474 g/mol. The predicted octanol–water partition coefficient (Wildman–Crippen LogP) is 4.53. The van der Waals surface area contributed by atoms with Crippen LogP contribution in [-0.4, -0.2) is 39.1 Å². The van der Waals surface area contributed by atoms with Crippen LogP contribution in [0.4, 0.5) is 5.69 Å². The van der Waals surface area contributed by atoms with Gasteiger partial charge in [-0.25, -0.2) is 0 Å². The molecule has 184 valence electrons. The molecule has 0 aliphatic carbocycles. The second-order valence-corrected chi connectivity index (χ2v) is 8.85. The van der Waals surface area contributed by atoms with Crippen LogP contribution in [0.5, 0.6) is 5.75 Å². The topological polar surface area (TPSA) is 84.6 Å². The Balaban J connectivity index is 1.39. The Hall–Kier alpha value is -4.11. The van der Waals surface area contributed by atoms with Gasteiger partial charge in [-0.3, -0.25) is 9.78 Å². The number of methoxy groups -OCH3 is 1. The largest absolute Gasteiger partial charge is 0.495 e. The Labute approximate surface area is 214 Å². The fourth-order valence-corrected chi connectivity index (χ4v) is 4.89. The van der Waals surface area contributed by atoms with Crippen LogP contribution in [0, 0.1) is 0 Å². The van der Waals surface area contributed by atoms with E-state index in [2.05, 4.69) is 31.2 Å². The average molecular weight is 502 g/mol. The van der Waals surface area contributed by atoms with E-state index >= 15 is 0 Å². The van der Waals surface area contributed by atoms with E-state index in [0.29, 0.717) is 29.6 Å². The molecule has 0 spiro atoms. The zero-order valence-electron chi connectivity index (χ0n) is 19.8. The minimum absolute atomic E-state index is 0.117. The number of para-hydroxylation sites is 2. The molecule has 3 aromatic heterocycles. The van der Waals surface area contributed by atoms with Crippen molar-refractivity contribution in [2.45, 2.75) is 25.0 Å². The van der Waals surface area contributed by atoms with E-state index in [-0.39, 0.29) is 24.4 Å². The highest BCUT2D eigenvalue weighted by molar-refractivity contribution is 7.80. The van der Waals surface area contributed by atoms with Gasteiger partial charge in [-0.2, -0.15) is 0 Å². The Morgan fingerprint density at radius 2 is 2.00 bits per heavy atom. The molecule has 1 aliphatic heterocycles.